The fraction of sp³-hybridized carbons (Fsp3) is 0.500. The van der Waals surface area contributed by atoms with Crippen LogP contribution in [0.5, 0.6) is 0 Å². The zero-order valence-corrected chi connectivity index (χ0v) is 13.8. The van der Waals surface area contributed by atoms with Gasteiger partial charge in [0, 0.05) is 36.5 Å². The first-order valence-electron chi connectivity index (χ1n) is 7.87. The Balaban J connectivity index is 1.87. The minimum atomic E-state index is -0.202. The molecule has 1 amide bonds. The van der Waals surface area contributed by atoms with Crippen LogP contribution >= 0.6 is 0 Å². The van der Waals surface area contributed by atoms with Crippen molar-refractivity contribution in [3.05, 3.63) is 29.2 Å². The number of hydrogen-bond donors (Lipinski definition) is 1. The first-order chi connectivity index (χ1) is 10.9. The summed E-state index contributed by atoms with van der Waals surface area (Å²) in [6.45, 7) is 7.45. The number of nitrogens with two attached hydrogens (primary N) is 1. The Morgan fingerprint density at radius 1 is 1.13 bits per heavy atom. The SMILES string of the molecule is Cc1cc(N2CCC(C(N)=O)CC2)nc(-n2nc(C)cc2C)n1. The summed E-state index contributed by atoms with van der Waals surface area (Å²) in [5.74, 6) is 1.24. The molecule has 0 radical (unpaired) electrons. The molecule has 2 N–H and O–H groups in total. The summed E-state index contributed by atoms with van der Waals surface area (Å²) in [4.78, 5) is 22.7. The van der Waals surface area contributed by atoms with Crippen molar-refractivity contribution >= 4 is 11.7 Å². The highest BCUT2D eigenvalue weighted by molar-refractivity contribution is 5.77. The Bertz CT molecular complexity index is 730. The third-order valence-corrected chi connectivity index (χ3v) is 4.25. The Hall–Kier alpha value is -2.44. The molecule has 1 fully saturated rings. The largest absolute Gasteiger partial charge is 0.369 e. The minimum Gasteiger partial charge on any atom is -0.369 e. The third kappa shape index (κ3) is 3.18. The van der Waals surface area contributed by atoms with Crippen LogP contribution in [0.1, 0.15) is 29.9 Å². The molecule has 1 aliphatic rings. The van der Waals surface area contributed by atoms with E-state index in [-0.39, 0.29) is 11.8 Å². The molecule has 1 saturated heterocycles. The number of nitrogens with zero attached hydrogens (tertiary/aromatic N) is 5. The number of rotatable bonds is 3. The molecule has 7 nitrogen and oxygen atoms in total. The Labute approximate surface area is 135 Å². The van der Waals surface area contributed by atoms with E-state index in [2.05, 4.69) is 20.0 Å². The lowest BCUT2D eigenvalue weighted by Gasteiger charge is -2.31. The lowest BCUT2D eigenvalue weighted by atomic mass is 9.96. The number of piperidine rings is 1. The summed E-state index contributed by atoms with van der Waals surface area (Å²) >= 11 is 0. The van der Waals surface area contributed by atoms with Crippen LogP contribution in [0.15, 0.2) is 12.1 Å². The zero-order chi connectivity index (χ0) is 16.6. The van der Waals surface area contributed by atoms with E-state index in [1.807, 2.05) is 32.9 Å². The molecule has 0 aliphatic carbocycles. The van der Waals surface area contributed by atoms with E-state index in [0.717, 1.165) is 48.8 Å². The first-order valence-corrected chi connectivity index (χ1v) is 7.87. The zero-order valence-electron chi connectivity index (χ0n) is 13.8. The van der Waals surface area contributed by atoms with Gasteiger partial charge in [-0.25, -0.2) is 9.67 Å². The van der Waals surface area contributed by atoms with Gasteiger partial charge in [-0.05, 0) is 39.7 Å². The number of anilines is 1. The predicted octanol–water partition coefficient (Wildman–Crippen LogP) is 1.29. The van der Waals surface area contributed by atoms with Gasteiger partial charge in [-0.15, -0.1) is 0 Å². The van der Waals surface area contributed by atoms with Gasteiger partial charge in [-0.2, -0.15) is 10.1 Å². The highest BCUT2D eigenvalue weighted by atomic mass is 16.1. The van der Waals surface area contributed by atoms with Gasteiger partial charge in [0.2, 0.25) is 5.91 Å². The molecule has 0 atom stereocenters. The van der Waals surface area contributed by atoms with Crippen molar-refractivity contribution < 1.29 is 4.79 Å². The standard InChI is InChI=1S/C16H22N6O/c1-10-9-14(21-6-4-13(5-7-21)15(17)23)19-16(18-10)22-12(3)8-11(2)20-22/h8-9,13H,4-7H2,1-3H3,(H2,17,23). The van der Waals surface area contributed by atoms with E-state index in [0.29, 0.717) is 5.95 Å². The van der Waals surface area contributed by atoms with E-state index in [1.54, 1.807) is 4.68 Å². The van der Waals surface area contributed by atoms with Crippen LogP contribution in [0.3, 0.4) is 0 Å². The fourth-order valence-electron chi connectivity index (χ4n) is 3.02. The van der Waals surface area contributed by atoms with Gasteiger partial charge < -0.3 is 10.6 Å². The predicted molar refractivity (Wildman–Crippen MR) is 87.5 cm³/mol. The smallest absolute Gasteiger partial charge is 0.252 e. The lowest BCUT2D eigenvalue weighted by Crippen LogP contribution is -2.39. The highest BCUT2D eigenvalue weighted by Gasteiger charge is 2.24. The molecule has 0 spiro atoms. The van der Waals surface area contributed by atoms with Crippen LogP contribution in [-0.4, -0.2) is 38.7 Å². The molecule has 2 aromatic heterocycles. The van der Waals surface area contributed by atoms with Crippen LogP contribution in [0.2, 0.25) is 0 Å². The van der Waals surface area contributed by atoms with Crippen molar-refractivity contribution in [2.45, 2.75) is 33.6 Å². The van der Waals surface area contributed by atoms with E-state index in [1.165, 1.54) is 0 Å². The molecule has 0 unspecified atom stereocenters. The minimum absolute atomic E-state index is 0.0235. The van der Waals surface area contributed by atoms with E-state index in [4.69, 9.17) is 5.73 Å². The van der Waals surface area contributed by atoms with Crippen LogP contribution in [-0.2, 0) is 4.79 Å². The summed E-state index contributed by atoms with van der Waals surface area (Å²) in [6, 6.07) is 3.98. The molecule has 122 valence electrons. The van der Waals surface area contributed by atoms with E-state index in [9.17, 15) is 4.79 Å². The molecule has 3 rings (SSSR count). The first kappa shape index (κ1) is 15.5. The Kier molecular flexibility index (Phi) is 4.02. The molecular formula is C16H22N6O. The van der Waals surface area contributed by atoms with Gasteiger partial charge >= 0.3 is 0 Å². The molecule has 7 heteroatoms. The van der Waals surface area contributed by atoms with E-state index < -0.39 is 0 Å². The molecule has 23 heavy (non-hydrogen) atoms. The van der Waals surface area contributed by atoms with Gasteiger partial charge in [-0.3, -0.25) is 4.79 Å². The van der Waals surface area contributed by atoms with Crippen LogP contribution in [0.25, 0.3) is 5.95 Å². The maximum atomic E-state index is 11.3. The number of aryl methyl sites for hydroxylation is 3. The van der Waals surface area contributed by atoms with Crippen molar-refractivity contribution in [1.29, 1.82) is 0 Å². The van der Waals surface area contributed by atoms with Crippen molar-refractivity contribution in [3.63, 3.8) is 0 Å². The number of amides is 1. The summed E-state index contributed by atoms with van der Waals surface area (Å²) in [6.07, 6.45) is 1.54. The fourth-order valence-corrected chi connectivity index (χ4v) is 3.02. The van der Waals surface area contributed by atoms with Gasteiger partial charge in [0.05, 0.1) is 5.69 Å². The van der Waals surface area contributed by atoms with Gasteiger partial charge in [-0.1, -0.05) is 0 Å². The maximum absolute atomic E-state index is 11.3. The quantitative estimate of drug-likeness (QED) is 0.922. The van der Waals surface area contributed by atoms with Crippen molar-refractivity contribution in [1.82, 2.24) is 19.7 Å². The van der Waals surface area contributed by atoms with Crippen LogP contribution < -0.4 is 10.6 Å². The van der Waals surface area contributed by atoms with Gasteiger partial charge in [0.1, 0.15) is 5.82 Å². The second-order valence-electron chi connectivity index (χ2n) is 6.17. The van der Waals surface area contributed by atoms with Crippen LogP contribution in [0, 0.1) is 26.7 Å². The molecule has 0 aromatic carbocycles. The molecule has 0 bridgehead atoms. The summed E-state index contributed by atoms with van der Waals surface area (Å²) in [7, 11) is 0. The molecular weight excluding hydrogens is 292 g/mol. The second kappa shape index (κ2) is 5.98. The molecule has 0 saturated carbocycles. The number of hydrogen-bond acceptors (Lipinski definition) is 5. The number of aromatic nitrogens is 4. The van der Waals surface area contributed by atoms with Crippen molar-refractivity contribution in [2.75, 3.05) is 18.0 Å². The maximum Gasteiger partial charge on any atom is 0.252 e. The summed E-state index contributed by atoms with van der Waals surface area (Å²) in [5, 5.41) is 4.46. The van der Waals surface area contributed by atoms with Crippen molar-refractivity contribution in [3.8, 4) is 5.95 Å². The summed E-state index contributed by atoms with van der Waals surface area (Å²) in [5.41, 5.74) is 8.24. The number of carbonyl (C=O) groups excluding carboxylic acids is 1. The average Bonchev–Trinajstić information content (AvgIpc) is 2.85. The number of carbonyl (C=O) groups is 1. The molecule has 1 aliphatic heterocycles. The van der Waals surface area contributed by atoms with E-state index >= 15 is 0 Å². The Morgan fingerprint density at radius 3 is 2.39 bits per heavy atom. The third-order valence-electron chi connectivity index (χ3n) is 4.25. The van der Waals surface area contributed by atoms with Gasteiger partial charge in [0.25, 0.3) is 5.95 Å². The molecule has 3 heterocycles. The summed E-state index contributed by atoms with van der Waals surface area (Å²) < 4.78 is 1.77. The monoisotopic (exact) mass is 314 g/mol. The average molecular weight is 314 g/mol. The topological polar surface area (TPSA) is 89.9 Å². The van der Waals surface area contributed by atoms with Crippen LogP contribution in [0.4, 0.5) is 5.82 Å². The second-order valence-corrected chi connectivity index (χ2v) is 6.17. The molecule has 2 aromatic rings. The number of primary amides is 1. The van der Waals surface area contributed by atoms with Gasteiger partial charge in [0.15, 0.2) is 0 Å². The van der Waals surface area contributed by atoms with Crippen molar-refractivity contribution in [2.24, 2.45) is 11.7 Å². The Morgan fingerprint density at radius 2 is 1.83 bits per heavy atom. The lowest BCUT2D eigenvalue weighted by molar-refractivity contribution is -0.122. The highest BCUT2D eigenvalue weighted by Crippen LogP contribution is 2.23. The normalized spacial score (nSPS) is 15.9.